The van der Waals surface area contributed by atoms with Gasteiger partial charge < -0.3 is 31.1 Å². The minimum Gasteiger partial charge on any atom is -0.480 e. The maximum Gasteiger partial charge on any atom is 0.328 e. The Hall–Kier alpha value is -3.05. The summed E-state index contributed by atoms with van der Waals surface area (Å²) in [6, 6.07) is -0.707. The molecule has 1 heterocycles. The van der Waals surface area contributed by atoms with Crippen LogP contribution in [0.15, 0.2) is 18.3 Å². The van der Waals surface area contributed by atoms with Crippen molar-refractivity contribution in [3.8, 4) is 0 Å². The van der Waals surface area contributed by atoms with Crippen LogP contribution in [0.5, 0.6) is 0 Å². The summed E-state index contributed by atoms with van der Waals surface area (Å²) in [4.78, 5) is 49.4. The van der Waals surface area contributed by atoms with Crippen LogP contribution in [0.25, 0.3) is 0 Å². The maximum atomic E-state index is 12.1. The lowest BCUT2D eigenvalue weighted by molar-refractivity contribution is -0.141. The van der Waals surface area contributed by atoms with Crippen LogP contribution in [0, 0.1) is 0 Å². The van der Waals surface area contributed by atoms with Gasteiger partial charge in [0.05, 0.1) is 18.8 Å². The zero-order chi connectivity index (χ0) is 18.3. The molecule has 0 bridgehead atoms. The number of hydrogen-bond donors (Lipinski definition) is 6. The van der Waals surface area contributed by atoms with Crippen LogP contribution in [-0.4, -0.2) is 74.5 Å². The van der Waals surface area contributed by atoms with Crippen molar-refractivity contribution in [1.82, 2.24) is 15.6 Å². The number of carbonyl (C=O) groups excluding carboxylic acids is 2. The molecule has 0 radical (unpaired) electrons. The highest BCUT2D eigenvalue weighted by atomic mass is 16.4. The molecule has 0 spiro atoms. The summed E-state index contributed by atoms with van der Waals surface area (Å²) < 4.78 is 0. The van der Waals surface area contributed by atoms with Gasteiger partial charge in [-0.2, -0.15) is 0 Å². The molecule has 130 valence electrons. The third-order valence-electron chi connectivity index (χ3n) is 2.84. The van der Waals surface area contributed by atoms with Gasteiger partial charge in [-0.3, -0.25) is 14.6 Å². The van der Waals surface area contributed by atoms with Crippen LogP contribution in [0.4, 0.5) is 0 Å². The minimum atomic E-state index is -1.60. The fourth-order valence-corrected chi connectivity index (χ4v) is 1.60. The molecular formula is C13H15N3O8. The minimum absolute atomic E-state index is 0.322. The van der Waals surface area contributed by atoms with Gasteiger partial charge in [0.15, 0.2) is 12.1 Å². The Bertz CT molecular complexity index is 593. The topological polar surface area (TPSA) is 186 Å². The molecule has 0 aliphatic heterocycles. The number of carboxylic acids is 2. The summed E-state index contributed by atoms with van der Waals surface area (Å²) >= 11 is 0. The number of aromatic nitrogens is 1. The molecule has 11 heteroatoms. The SMILES string of the molecule is O=C(N[C@@H](CO)C(=O)O)c1cccnc1C(=O)N[C@@H](CO)C(=O)O. The summed E-state index contributed by atoms with van der Waals surface area (Å²) in [6.07, 6.45) is 1.17. The number of rotatable bonds is 8. The van der Waals surface area contributed by atoms with Gasteiger partial charge in [-0.15, -0.1) is 0 Å². The van der Waals surface area contributed by atoms with Gasteiger partial charge in [0.1, 0.15) is 5.69 Å². The molecule has 2 amide bonds. The highest BCUT2D eigenvalue weighted by molar-refractivity contribution is 6.07. The third-order valence-corrected chi connectivity index (χ3v) is 2.84. The second kappa shape index (κ2) is 8.55. The van der Waals surface area contributed by atoms with Gasteiger partial charge in [0, 0.05) is 6.20 Å². The molecule has 0 aliphatic rings. The number of carboxylic acid groups (broad SMARTS) is 2. The van der Waals surface area contributed by atoms with E-state index < -0.39 is 54.7 Å². The average Bonchev–Trinajstić information content (AvgIpc) is 2.56. The molecule has 2 atom stereocenters. The van der Waals surface area contributed by atoms with Crippen LogP contribution in [0.3, 0.4) is 0 Å². The average molecular weight is 341 g/mol. The normalized spacial score (nSPS) is 12.8. The quantitative estimate of drug-likeness (QED) is 0.295. The summed E-state index contributed by atoms with van der Waals surface area (Å²) in [5, 5.41) is 39.3. The number of aliphatic hydroxyl groups excluding tert-OH is 2. The van der Waals surface area contributed by atoms with Crippen LogP contribution >= 0.6 is 0 Å². The van der Waals surface area contributed by atoms with Gasteiger partial charge in [0.25, 0.3) is 11.8 Å². The molecule has 11 nitrogen and oxygen atoms in total. The van der Waals surface area contributed by atoms with Gasteiger partial charge >= 0.3 is 11.9 Å². The Labute approximate surface area is 134 Å². The highest BCUT2D eigenvalue weighted by Crippen LogP contribution is 2.06. The first-order valence-electron chi connectivity index (χ1n) is 6.55. The van der Waals surface area contributed by atoms with Gasteiger partial charge in [-0.25, -0.2) is 9.59 Å². The first-order chi connectivity index (χ1) is 11.3. The van der Waals surface area contributed by atoms with E-state index in [0.717, 1.165) is 0 Å². The molecule has 0 aromatic carbocycles. The van der Waals surface area contributed by atoms with Crippen LogP contribution in [-0.2, 0) is 9.59 Å². The number of pyridine rings is 1. The Morgan fingerprint density at radius 2 is 1.46 bits per heavy atom. The molecule has 0 saturated heterocycles. The zero-order valence-electron chi connectivity index (χ0n) is 12.2. The van der Waals surface area contributed by atoms with Crippen molar-refractivity contribution >= 4 is 23.8 Å². The number of hydrogen-bond acceptors (Lipinski definition) is 7. The molecule has 1 aromatic heterocycles. The summed E-state index contributed by atoms with van der Waals surface area (Å²) in [5.41, 5.74) is -0.784. The number of nitrogens with zero attached hydrogens (tertiary/aromatic N) is 1. The predicted octanol–water partition coefficient (Wildman–Crippen LogP) is -2.57. The molecule has 0 unspecified atom stereocenters. The van der Waals surface area contributed by atoms with E-state index in [-0.39, 0.29) is 5.56 Å². The largest absolute Gasteiger partial charge is 0.480 e. The van der Waals surface area contributed by atoms with E-state index >= 15 is 0 Å². The molecule has 1 aromatic rings. The van der Waals surface area contributed by atoms with E-state index in [2.05, 4.69) is 4.98 Å². The van der Waals surface area contributed by atoms with Gasteiger partial charge in [0.2, 0.25) is 0 Å². The number of amides is 2. The van der Waals surface area contributed by atoms with Crippen LogP contribution < -0.4 is 10.6 Å². The Balaban J connectivity index is 3.03. The Morgan fingerprint density at radius 1 is 0.958 bits per heavy atom. The smallest absolute Gasteiger partial charge is 0.328 e. The number of aliphatic hydroxyl groups is 2. The predicted molar refractivity (Wildman–Crippen MR) is 76.2 cm³/mol. The van der Waals surface area contributed by atoms with E-state index in [9.17, 15) is 19.2 Å². The molecular weight excluding hydrogens is 326 g/mol. The molecule has 0 aliphatic carbocycles. The lowest BCUT2D eigenvalue weighted by Gasteiger charge is -2.15. The summed E-state index contributed by atoms with van der Waals surface area (Å²) in [6.45, 7) is -1.74. The molecule has 6 N–H and O–H groups in total. The first kappa shape index (κ1) is 19.0. The van der Waals surface area contributed by atoms with Crippen molar-refractivity contribution in [2.45, 2.75) is 12.1 Å². The molecule has 0 saturated carbocycles. The van der Waals surface area contributed by atoms with Gasteiger partial charge in [-0.1, -0.05) is 0 Å². The van der Waals surface area contributed by atoms with E-state index in [0.29, 0.717) is 0 Å². The van der Waals surface area contributed by atoms with Crippen LogP contribution in [0.2, 0.25) is 0 Å². The summed E-state index contributed by atoms with van der Waals surface area (Å²) in [7, 11) is 0. The number of nitrogens with one attached hydrogen (secondary N) is 2. The van der Waals surface area contributed by atoms with Crippen molar-refractivity contribution in [3.63, 3.8) is 0 Å². The monoisotopic (exact) mass is 341 g/mol. The fourth-order valence-electron chi connectivity index (χ4n) is 1.60. The Morgan fingerprint density at radius 3 is 1.92 bits per heavy atom. The lowest BCUT2D eigenvalue weighted by Crippen LogP contribution is -2.46. The summed E-state index contributed by atoms with van der Waals surface area (Å²) in [5.74, 6) is -5.00. The van der Waals surface area contributed by atoms with Crippen molar-refractivity contribution in [2.75, 3.05) is 13.2 Å². The van der Waals surface area contributed by atoms with E-state index in [4.69, 9.17) is 20.4 Å². The lowest BCUT2D eigenvalue weighted by atomic mass is 10.1. The zero-order valence-corrected chi connectivity index (χ0v) is 12.2. The molecule has 0 fully saturated rings. The van der Waals surface area contributed by atoms with Crippen molar-refractivity contribution in [1.29, 1.82) is 0 Å². The van der Waals surface area contributed by atoms with Crippen molar-refractivity contribution in [2.24, 2.45) is 0 Å². The standard InChI is InChI=1S/C13H15N3O8/c17-4-7(12(21)22)15-10(19)6-2-1-3-14-9(6)11(20)16-8(5-18)13(23)24/h1-3,7-8,17-18H,4-5H2,(H,15,19)(H,16,20)(H,21,22)(H,23,24)/t7-,8-/m0/s1. The number of carbonyl (C=O) groups is 4. The molecule has 1 rings (SSSR count). The fraction of sp³-hybridized carbons (Fsp3) is 0.308. The van der Waals surface area contributed by atoms with Gasteiger partial charge in [-0.05, 0) is 12.1 Å². The highest BCUT2D eigenvalue weighted by Gasteiger charge is 2.26. The molecule has 24 heavy (non-hydrogen) atoms. The van der Waals surface area contributed by atoms with E-state index in [1.165, 1.54) is 18.3 Å². The van der Waals surface area contributed by atoms with Crippen molar-refractivity contribution in [3.05, 3.63) is 29.6 Å². The Kier molecular flexibility index (Phi) is 6.77. The number of aliphatic carboxylic acids is 2. The maximum absolute atomic E-state index is 12.1. The second-order valence-corrected chi connectivity index (χ2v) is 4.49. The van der Waals surface area contributed by atoms with Crippen LogP contribution in [0.1, 0.15) is 20.8 Å². The van der Waals surface area contributed by atoms with E-state index in [1.807, 2.05) is 10.6 Å². The third kappa shape index (κ3) is 4.72. The first-order valence-corrected chi connectivity index (χ1v) is 6.55. The van der Waals surface area contributed by atoms with Crippen molar-refractivity contribution < 1.29 is 39.6 Å². The van der Waals surface area contributed by atoms with E-state index in [1.54, 1.807) is 0 Å². The second-order valence-electron chi connectivity index (χ2n) is 4.49.